The fourth-order valence-corrected chi connectivity index (χ4v) is 3.92. The van der Waals surface area contributed by atoms with Gasteiger partial charge in [-0.05, 0) is 37.1 Å². The molecule has 1 aliphatic carbocycles. The van der Waals surface area contributed by atoms with Crippen molar-refractivity contribution in [3.8, 4) is 5.75 Å². The summed E-state index contributed by atoms with van der Waals surface area (Å²) in [6.07, 6.45) is 1.91. The van der Waals surface area contributed by atoms with E-state index in [1.165, 1.54) is 39.7 Å². The van der Waals surface area contributed by atoms with E-state index < -0.39 is 16.1 Å². The average Bonchev–Trinajstić information content (AvgIpc) is 3.50. The van der Waals surface area contributed by atoms with E-state index in [1.54, 1.807) is 37.3 Å². The second kappa shape index (κ2) is 12.8. The molecule has 1 aliphatic rings. The molecule has 0 aromatic heterocycles. The lowest BCUT2D eigenvalue weighted by Gasteiger charge is -2.12. The number of alkyl halides is 2. The predicted molar refractivity (Wildman–Crippen MR) is 139 cm³/mol. The Morgan fingerprint density at radius 3 is 2.51 bits per heavy atom. The molecule has 0 aliphatic heterocycles. The zero-order valence-electron chi connectivity index (χ0n) is 20.8. The number of carbonyl (C=O) groups is 1. The van der Waals surface area contributed by atoms with E-state index in [9.17, 15) is 9.18 Å². The Labute approximate surface area is 224 Å². The van der Waals surface area contributed by atoms with Crippen LogP contribution in [0.15, 0.2) is 59.0 Å². The van der Waals surface area contributed by atoms with Crippen molar-refractivity contribution < 1.29 is 33.1 Å². The van der Waals surface area contributed by atoms with Crippen molar-refractivity contribution in [2.75, 3.05) is 27.9 Å². The lowest BCUT2D eigenvalue weighted by molar-refractivity contribution is -0.133. The van der Waals surface area contributed by atoms with Gasteiger partial charge in [0.25, 0.3) is 0 Å². The SMILES string of the molecule is CO/C=C(/C(=O)OC)c1ccccc1CO/N=C(C)/C(=N\OC)c1ccc(OCC2CC2(Cl)Cl)c(F)c1. The van der Waals surface area contributed by atoms with Crippen LogP contribution >= 0.6 is 23.2 Å². The van der Waals surface area contributed by atoms with Crippen LogP contribution in [0, 0.1) is 11.7 Å². The Hall–Kier alpha value is -3.30. The quantitative estimate of drug-likeness (QED) is 0.0862. The van der Waals surface area contributed by atoms with Gasteiger partial charge in [0.1, 0.15) is 35.0 Å². The van der Waals surface area contributed by atoms with Gasteiger partial charge in [-0.15, -0.1) is 23.2 Å². The number of ether oxygens (including phenoxy) is 3. The topological polar surface area (TPSA) is 87.9 Å². The summed E-state index contributed by atoms with van der Waals surface area (Å²) in [6, 6.07) is 11.5. The van der Waals surface area contributed by atoms with Gasteiger partial charge >= 0.3 is 5.97 Å². The van der Waals surface area contributed by atoms with Gasteiger partial charge in [-0.2, -0.15) is 0 Å². The average molecular weight is 553 g/mol. The summed E-state index contributed by atoms with van der Waals surface area (Å²) >= 11 is 12.0. The summed E-state index contributed by atoms with van der Waals surface area (Å²) < 4.78 is 29.3. The molecule has 37 heavy (non-hydrogen) atoms. The summed E-state index contributed by atoms with van der Waals surface area (Å²) in [7, 11) is 4.09. The molecule has 3 rings (SSSR count). The smallest absolute Gasteiger partial charge is 0.341 e. The van der Waals surface area contributed by atoms with Crippen LogP contribution in [0.5, 0.6) is 5.75 Å². The molecule has 2 aromatic rings. The summed E-state index contributed by atoms with van der Waals surface area (Å²) in [6.45, 7) is 1.89. The Kier molecular flexibility index (Phi) is 9.77. The van der Waals surface area contributed by atoms with E-state index in [0.29, 0.717) is 28.8 Å². The normalized spacial score (nSPS) is 17.2. The highest BCUT2D eigenvalue weighted by Gasteiger charge is 2.52. The molecule has 1 fully saturated rings. The minimum atomic E-state index is -0.802. The van der Waals surface area contributed by atoms with Crippen LogP contribution in [0.2, 0.25) is 0 Å². The highest BCUT2D eigenvalue weighted by Crippen LogP contribution is 2.53. The first-order chi connectivity index (χ1) is 17.7. The van der Waals surface area contributed by atoms with E-state index in [1.807, 2.05) is 0 Å². The zero-order chi connectivity index (χ0) is 27.0. The summed E-state index contributed by atoms with van der Waals surface area (Å²) in [4.78, 5) is 22.7. The third-order valence-corrected chi connectivity index (χ3v) is 6.42. The molecule has 0 saturated heterocycles. The number of methoxy groups -OCH3 is 2. The number of oxime groups is 2. The number of nitrogens with zero attached hydrogens (tertiary/aromatic N) is 2. The number of hydrogen-bond acceptors (Lipinski definition) is 8. The second-order valence-corrected chi connectivity index (χ2v) is 9.65. The summed E-state index contributed by atoms with van der Waals surface area (Å²) in [5, 5.41) is 8.09. The molecule has 0 heterocycles. The largest absolute Gasteiger partial charge is 0.503 e. The highest BCUT2D eigenvalue weighted by atomic mass is 35.5. The van der Waals surface area contributed by atoms with E-state index in [2.05, 4.69) is 10.3 Å². The van der Waals surface area contributed by atoms with Crippen molar-refractivity contribution in [3.05, 3.63) is 71.2 Å². The molecule has 11 heteroatoms. The predicted octanol–water partition coefficient (Wildman–Crippen LogP) is 5.50. The fraction of sp³-hybridized carbons (Fsp3) is 0.346. The van der Waals surface area contributed by atoms with Gasteiger partial charge in [0, 0.05) is 17.0 Å². The zero-order valence-corrected chi connectivity index (χ0v) is 22.3. The molecule has 0 spiro atoms. The van der Waals surface area contributed by atoms with Crippen LogP contribution in [0.1, 0.15) is 30.0 Å². The van der Waals surface area contributed by atoms with Gasteiger partial charge < -0.3 is 23.9 Å². The van der Waals surface area contributed by atoms with Crippen molar-refractivity contribution in [1.29, 1.82) is 0 Å². The Morgan fingerprint density at radius 2 is 1.89 bits per heavy atom. The number of benzene rings is 2. The van der Waals surface area contributed by atoms with Gasteiger partial charge in [0.2, 0.25) is 0 Å². The first-order valence-electron chi connectivity index (χ1n) is 11.2. The summed E-state index contributed by atoms with van der Waals surface area (Å²) in [5.41, 5.74) is 2.47. The molecule has 8 nitrogen and oxygen atoms in total. The molecule has 0 N–H and O–H groups in total. The van der Waals surface area contributed by atoms with E-state index in [4.69, 9.17) is 47.1 Å². The second-order valence-electron chi connectivity index (χ2n) is 8.11. The molecule has 1 saturated carbocycles. The maximum Gasteiger partial charge on any atom is 0.341 e. The van der Waals surface area contributed by atoms with Crippen molar-refractivity contribution in [2.45, 2.75) is 24.3 Å². The van der Waals surface area contributed by atoms with E-state index >= 15 is 0 Å². The first-order valence-corrected chi connectivity index (χ1v) is 12.0. The number of carbonyl (C=O) groups excluding carboxylic acids is 1. The molecule has 198 valence electrons. The first kappa shape index (κ1) is 28.3. The third kappa shape index (κ3) is 7.36. The van der Waals surface area contributed by atoms with Crippen molar-refractivity contribution in [2.24, 2.45) is 16.2 Å². The van der Waals surface area contributed by atoms with Gasteiger partial charge in [0.15, 0.2) is 11.6 Å². The van der Waals surface area contributed by atoms with Crippen molar-refractivity contribution in [1.82, 2.24) is 0 Å². The molecule has 0 bridgehead atoms. The lowest BCUT2D eigenvalue weighted by Crippen LogP contribution is -2.14. The molecule has 0 radical (unpaired) electrons. The maximum atomic E-state index is 14.7. The fourth-order valence-electron chi connectivity index (χ4n) is 3.43. The van der Waals surface area contributed by atoms with Gasteiger partial charge in [-0.3, -0.25) is 0 Å². The minimum Gasteiger partial charge on any atom is -0.503 e. The number of esters is 1. The molecule has 1 unspecified atom stereocenters. The molecule has 1 atom stereocenters. The monoisotopic (exact) mass is 552 g/mol. The third-order valence-electron chi connectivity index (χ3n) is 5.50. The number of rotatable bonds is 12. The number of halogens is 3. The Bertz CT molecular complexity index is 1220. The van der Waals surface area contributed by atoms with Crippen molar-refractivity contribution in [3.63, 3.8) is 0 Å². The van der Waals surface area contributed by atoms with Gasteiger partial charge in [-0.25, -0.2) is 9.18 Å². The highest BCUT2D eigenvalue weighted by molar-refractivity contribution is 6.50. The van der Waals surface area contributed by atoms with Crippen LogP contribution in [0.25, 0.3) is 5.57 Å². The van der Waals surface area contributed by atoms with E-state index in [0.717, 1.165) is 0 Å². The molecular formula is C26H27Cl2FN2O6. The van der Waals surface area contributed by atoms with Crippen LogP contribution in [-0.2, 0) is 30.6 Å². The maximum absolute atomic E-state index is 14.7. The Balaban J connectivity index is 1.73. The van der Waals surface area contributed by atoms with Crippen LogP contribution < -0.4 is 4.74 Å². The minimum absolute atomic E-state index is 0.0246. The van der Waals surface area contributed by atoms with Crippen LogP contribution in [0.4, 0.5) is 4.39 Å². The van der Waals surface area contributed by atoms with E-state index in [-0.39, 0.29) is 36.2 Å². The Morgan fingerprint density at radius 1 is 1.16 bits per heavy atom. The molecule has 2 aromatic carbocycles. The van der Waals surface area contributed by atoms with Crippen LogP contribution in [0.3, 0.4) is 0 Å². The van der Waals surface area contributed by atoms with Crippen LogP contribution in [-0.4, -0.2) is 49.7 Å². The standard InChI is InChI=1S/C26H27Cl2FN2O6/c1-16(30-37-13-18-7-5-6-8-20(18)21(15-33-2)25(32)34-3)24(31-35-4)17-9-10-23(22(29)11-17)36-14-19-12-26(19,27)28/h5-11,15,19H,12-14H2,1-4H3/b21-15+,30-16+,31-24+. The van der Waals surface area contributed by atoms with Gasteiger partial charge in [-0.1, -0.05) is 34.6 Å². The summed E-state index contributed by atoms with van der Waals surface area (Å²) in [5.74, 6) is -1.10. The number of hydrogen-bond donors (Lipinski definition) is 0. The van der Waals surface area contributed by atoms with Crippen molar-refractivity contribution >= 4 is 46.2 Å². The molecule has 0 amide bonds. The molecular weight excluding hydrogens is 526 g/mol. The van der Waals surface area contributed by atoms with Gasteiger partial charge in [0.05, 0.1) is 27.1 Å². The lowest BCUT2D eigenvalue weighted by atomic mass is 10.0.